The number of nitrogens with two attached hydrogens (primary N) is 1. The van der Waals surface area contributed by atoms with Gasteiger partial charge >= 0.3 is 0 Å². The van der Waals surface area contributed by atoms with Crippen molar-refractivity contribution in [2.75, 3.05) is 19.6 Å². The first-order chi connectivity index (χ1) is 4.57. The quantitative estimate of drug-likeness (QED) is 0.472. The second-order valence-corrected chi connectivity index (χ2v) is 2.80. The van der Waals surface area contributed by atoms with Gasteiger partial charge in [0.05, 0.1) is 13.1 Å². The Kier molecular flexibility index (Phi) is 1.66. The summed E-state index contributed by atoms with van der Waals surface area (Å²) >= 11 is 0. The van der Waals surface area contributed by atoms with Crippen molar-refractivity contribution in [3.8, 4) is 0 Å². The van der Waals surface area contributed by atoms with Gasteiger partial charge in [-0.25, -0.2) is 0 Å². The third kappa shape index (κ3) is 1.12. The molecule has 4 heteroatoms. The Morgan fingerprint density at radius 2 is 2.30 bits per heavy atom. The van der Waals surface area contributed by atoms with Crippen LogP contribution in [0.5, 0.6) is 0 Å². The SMILES string of the molecule is CC(=O)N1CC(O)(CN)C1. The van der Waals surface area contributed by atoms with Crippen LogP contribution in [0.15, 0.2) is 0 Å². The van der Waals surface area contributed by atoms with Crippen LogP contribution in [0.2, 0.25) is 0 Å². The topological polar surface area (TPSA) is 66.6 Å². The van der Waals surface area contributed by atoms with E-state index in [2.05, 4.69) is 0 Å². The van der Waals surface area contributed by atoms with Crippen LogP contribution >= 0.6 is 0 Å². The van der Waals surface area contributed by atoms with Gasteiger partial charge in [-0.1, -0.05) is 0 Å². The van der Waals surface area contributed by atoms with Crippen LogP contribution in [0.4, 0.5) is 0 Å². The first-order valence-corrected chi connectivity index (χ1v) is 3.25. The van der Waals surface area contributed by atoms with Gasteiger partial charge in [-0.05, 0) is 0 Å². The molecule has 0 radical (unpaired) electrons. The first-order valence-electron chi connectivity index (χ1n) is 3.25. The maximum Gasteiger partial charge on any atom is 0.219 e. The van der Waals surface area contributed by atoms with E-state index in [9.17, 15) is 9.90 Å². The Morgan fingerprint density at radius 1 is 1.80 bits per heavy atom. The van der Waals surface area contributed by atoms with Gasteiger partial charge in [0.2, 0.25) is 5.91 Å². The summed E-state index contributed by atoms with van der Waals surface area (Å²) < 4.78 is 0. The lowest BCUT2D eigenvalue weighted by Gasteiger charge is -2.45. The molecule has 4 nitrogen and oxygen atoms in total. The van der Waals surface area contributed by atoms with E-state index < -0.39 is 5.60 Å². The number of amides is 1. The highest BCUT2D eigenvalue weighted by Crippen LogP contribution is 2.18. The van der Waals surface area contributed by atoms with Gasteiger partial charge in [0.15, 0.2) is 0 Å². The highest BCUT2D eigenvalue weighted by Gasteiger charge is 2.40. The van der Waals surface area contributed by atoms with Crippen molar-refractivity contribution in [3.05, 3.63) is 0 Å². The number of aliphatic hydroxyl groups is 1. The van der Waals surface area contributed by atoms with Crippen molar-refractivity contribution in [2.24, 2.45) is 5.73 Å². The Hall–Kier alpha value is -0.610. The molecule has 1 heterocycles. The summed E-state index contributed by atoms with van der Waals surface area (Å²) in [5, 5.41) is 9.32. The number of β-amino-alcohol motifs (C(OH)–C–C–N with tert-alkyl or cyclic N) is 1. The fourth-order valence-electron chi connectivity index (χ4n) is 1.02. The third-order valence-corrected chi connectivity index (χ3v) is 1.80. The molecule has 0 bridgehead atoms. The molecule has 0 atom stereocenters. The molecule has 0 saturated carbocycles. The van der Waals surface area contributed by atoms with Crippen LogP contribution in [0.3, 0.4) is 0 Å². The summed E-state index contributed by atoms with van der Waals surface area (Å²) in [5.74, 6) is -0.00174. The van der Waals surface area contributed by atoms with Gasteiger partial charge < -0.3 is 15.7 Å². The predicted octanol–water partition coefficient (Wildman–Crippen LogP) is -1.46. The lowest BCUT2D eigenvalue weighted by atomic mass is 9.95. The molecular formula is C6H12N2O2. The average Bonchev–Trinajstić information content (AvgIpc) is 1.80. The van der Waals surface area contributed by atoms with E-state index in [4.69, 9.17) is 5.73 Å². The number of carbonyl (C=O) groups is 1. The van der Waals surface area contributed by atoms with Crippen molar-refractivity contribution >= 4 is 5.91 Å². The highest BCUT2D eigenvalue weighted by molar-refractivity contribution is 5.74. The van der Waals surface area contributed by atoms with Crippen LogP contribution in [-0.4, -0.2) is 41.1 Å². The maximum atomic E-state index is 10.6. The summed E-state index contributed by atoms with van der Waals surface area (Å²) in [6.45, 7) is 2.49. The third-order valence-electron chi connectivity index (χ3n) is 1.80. The molecule has 0 aromatic heterocycles. The lowest BCUT2D eigenvalue weighted by Crippen LogP contribution is -2.66. The monoisotopic (exact) mass is 144 g/mol. The fourth-order valence-corrected chi connectivity index (χ4v) is 1.02. The van der Waals surface area contributed by atoms with Crippen LogP contribution < -0.4 is 5.73 Å². The maximum absolute atomic E-state index is 10.6. The predicted molar refractivity (Wildman–Crippen MR) is 36.3 cm³/mol. The molecule has 0 spiro atoms. The molecular weight excluding hydrogens is 132 g/mol. The van der Waals surface area contributed by atoms with Crippen molar-refractivity contribution in [3.63, 3.8) is 0 Å². The molecule has 3 N–H and O–H groups in total. The zero-order valence-electron chi connectivity index (χ0n) is 6.00. The molecule has 10 heavy (non-hydrogen) atoms. The second-order valence-electron chi connectivity index (χ2n) is 2.80. The van der Waals surface area contributed by atoms with Crippen LogP contribution in [0.25, 0.3) is 0 Å². The van der Waals surface area contributed by atoms with Crippen molar-refractivity contribution in [1.29, 1.82) is 0 Å². The molecule has 1 amide bonds. The molecule has 0 unspecified atom stereocenters. The standard InChI is InChI=1S/C6H12N2O2/c1-5(9)8-3-6(10,2-7)4-8/h10H,2-4,7H2,1H3. The van der Waals surface area contributed by atoms with E-state index in [1.165, 1.54) is 6.92 Å². The van der Waals surface area contributed by atoms with E-state index in [0.717, 1.165) is 0 Å². The summed E-state index contributed by atoms with van der Waals surface area (Å²) in [6, 6.07) is 0. The molecule has 1 aliphatic rings. The fraction of sp³-hybridized carbons (Fsp3) is 0.833. The van der Waals surface area contributed by atoms with Crippen molar-refractivity contribution in [2.45, 2.75) is 12.5 Å². The minimum Gasteiger partial charge on any atom is -0.385 e. The van der Waals surface area contributed by atoms with E-state index in [-0.39, 0.29) is 12.5 Å². The van der Waals surface area contributed by atoms with Crippen LogP contribution in [0.1, 0.15) is 6.92 Å². The minimum absolute atomic E-state index is 0.00174. The largest absolute Gasteiger partial charge is 0.385 e. The molecule has 1 rings (SSSR count). The van der Waals surface area contributed by atoms with Gasteiger partial charge in [0.1, 0.15) is 5.60 Å². The summed E-state index contributed by atoms with van der Waals surface area (Å²) in [7, 11) is 0. The van der Waals surface area contributed by atoms with Gasteiger partial charge in [-0.3, -0.25) is 4.79 Å². The molecule has 0 aliphatic carbocycles. The Labute approximate surface area is 59.6 Å². The highest BCUT2D eigenvalue weighted by atomic mass is 16.3. The van der Waals surface area contributed by atoms with Crippen molar-refractivity contribution < 1.29 is 9.90 Å². The van der Waals surface area contributed by atoms with Gasteiger partial charge in [0.25, 0.3) is 0 Å². The minimum atomic E-state index is -0.800. The number of hydrogen-bond donors (Lipinski definition) is 2. The van der Waals surface area contributed by atoms with E-state index in [1.54, 1.807) is 4.90 Å². The molecule has 0 aromatic rings. The summed E-state index contributed by atoms with van der Waals surface area (Å²) in [4.78, 5) is 12.2. The van der Waals surface area contributed by atoms with Crippen LogP contribution in [-0.2, 0) is 4.79 Å². The Bertz CT molecular complexity index is 152. The number of hydrogen-bond acceptors (Lipinski definition) is 3. The molecule has 1 saturated heterocycles. The summed E-state index contributed by atoms with van der Waals surface area (Å²) in [6.07, 6.45) is 0. The van der Waals surface area contributed by atoms with Gasteiger partial charge in [-0.15, -0.1) is 0 Å². The van der Waals surface area contributed by atoms with Crippen molar-refractivity contribution in [1.82, 2.24) is 4.90 Å². The normalized spacial score (nSPS) is 22.1. The second kappa shape index (κ2) is 2.21. The van der Waals surface area contributed by atoms with E-state index in [0.29, 0.717) is 13.1 Å². The first kappa shape index (κ1) is 7.50. The van der Waals surface area contributed by atoms with E-state index >= 15 is 0 Å². The smallest absolute Gasteiger partial charge is 0.219 e. The lowest BCUT2D eigenvalue weighted by molar-refractivity contribution is -0.151. The van der Waals surface area contributed by atoms with Gasteiger partial charge in [-0.2, -0.15) is 0 Å². The molecule has 58 valence electrons. The van der Waals surface area contributed by atoms with E-state index in [1.807, 2.05) is 0 Å². The Morgan fingerprint density at radius 3 is 2.60 bits per heavy atom. The zero-order valence-corrected chi connectivity index (χ0v) is 6.00. The summed E-state index contributed by atoms with van der Waals surface area (Å²) in [5.41, 5.74) is 4.44. The number of likely N-dealkylation sites (tertiary alicyclic amines) is 1. The Balaban J connectivity index is 2.36. The molecule has 0 aromatic carbocycles. The molecule has 1 fully saturated rings. The van der Waals surface area contributed by atoms with Gasteiger partial charge in [0, 0.05) is 13.5 Å². The zero-order chi connectivity index (χ0) is 7.78. The number of carbonyl (C=O) groups excluding carboxylic acids is 1. The molecule has 1 aliphatic heterocycles. The number of nitrogens with zero attached hydrogens (tertiary/aromatic N) is 1. The number of rotatable bonds is 1. The average molecular weight is 144 g/mol. The van der Waals surface area contributed by atoms with Crippen LogP contribution in [0, 0.1) is 0 Å².